The Morgan fingerprint density at radius 3 is 2.62 bits per heavy atom. The average Bonchev–Trinajstić information content (AvgIpc) is 3.08. The van der Waals surface area contributed by atoms with Gasteiger partial charge in [0, 0.05) is 24.1 Å². The second-order valence-electron chi connectivity index (χ2n) is 6.86. The number of thioether (sulfide) groups is 1. The van der Waals surface area contributed by atoms with Crippen molar-refractivity contribution in [3.8, 4) is 11.4 Å². The molecule has 0 unspecified atom stereocenters. The lowest BCUT2D eigenvalue weighted by molar-refractivity contribution is -0.119. The van der Waals surface area contributed by atoms with Gasteiger partial charge in [0.2, 0.25) is 5.91 Å². The molecule has 1 aromatic carbocycles. The molecule has 2 aromatic rings. The van der Waals surface area contributed by atoms with Gasteiger partial charge < -0.3 is 10.1 Å². The summed E-state index contributed by atoms with van der Waals surface area (Å²) >= 11 is 1.45. The van der Waals surface area contributed by atoms with Crippen molar-refractivity contribution in [2.45, 2.75) is 51.2 Å². The zero-order valence-corrected chi connectivity index (χ0v) is 16.9. The van der Waals surface area contributed by atoms with E-state index in [9.17, 15) is 4.79 Å². The third-order valence-corrected chi connectivity index (χ3v) is 5.08. The number of amides is 1. The summed E-state index contributed by atoms with van der Waals surface area (Å²) in [6, 6.07) is 7.98. The predicted molar refractivity (Wildman–Crippen MR) is 107 cm³/mol. The van der Waals surface area contributed by atoms with E-state index in [1.54, 1.807) is 13.3 Å². The third-order valence-electron chi connectivity index (χ3n) is 4.12. The summed E-state index contributed by atoms with van der Waals surface area (Å²) in [5.74, 6) is 1.94. The summed E-state index contributed by atoms with van der Waals surface area (Å²) in [6.07, 6.45) is 7.02. The number of carbonyl (C=O) groups excluding carboxylic acids is 1. The van der Waals surface area contributed by atoms with Crippen LogP contribution in [-0.2, 0) is 4.79 Å². The molecule has 0 aliphatic carbocycles. The molecular weight excluding hydrogens is 346 g/mol. The van der Waals surface area contributed by atoms with Crippen molar-refractivity contribution in [2.75, 3.05) is 12.9 Å². The minimum absolute atomic E-state index is 0.0522. The van der Waals surface area contributed by atoms with Gasteiger partial charge >= 0.3 is 0 Å². The van der Waals surface area contributed by atoms with Crippen LogP contribution in [0.2, 0.25) is 0 Å². The largest absolute Gasteiger partial charge is 0.497 e. The van der Waals surface area contributed by atoms with Gasteiger partial charge in [0.25, 0.3) is 0 Å². The Kier molecular flexibility index (Phi) is 8.04. The lowest BCUT2D eigenvalue weighted by atomic mass is 10.0. The predicted octanol–water partition coefficient (Wildman–Crippen LogP) is 4.30. The fraction of sp³-hybridized carbons (Fsp3) is 0.500. The SMILES string of the molecule is COc1ccc(-n2ccnc2SCC(=O)N[C@H](C)CCCC(C)C)cc1. The molecule has 5 nitrogen and oxygen atoms in total. The van der Waals surface area contributed by atoms with Gasteiger partial charge in [-0.2, -0.15) is 0 Å². The van der Waals surface area contributed by atoms with Gasteiger partial charge in [-0.1, -0.05) is 38.5 Å². The van der Waals surface area contributed by atoms with Crippen molar-refractivity contribution in [1.82, 2.24) is 14.9 Å². The highest BCUT2D eigenvalue weighted by atomic mass is 32.2. The molecule has 0 spiro atoms. The molecule has 1 atom stereocenters. The molecule has 0 fully saturated rings. The van der Waals surface area contributed by atoms with E-state index in [2.05, 4.69) is 31.1 Å². The number of hydrogen-bond donors (Lipinski definition) is 1. The number of carbonyl (C=O) groups is 1. The number of rotatable bonds is 10. The van der Waals surface area contributed by atoms with Gasteiger partial charge in [-0.15, -0.1) is 0 Å². The van der Waals surface area contributed by atoms with Crippen molar-refractivity contribution in [3.05, 3.63) is 36.7 Å². The van der Waals surface area contributed by atoms with Crippen molar-refractivity contribution in [1.29, 1.82) is 0 Å². The summed E-state index contributed by atoms with van der Waals surface area (Å²) in [5.41, 5.74) is 0.994. The molecule has 0 bridgehead atoms. The Hall–Kier alpha value is -1.95. The number of methoxy groups -OCH3 is 1. The van der Waals surface area contributed by atoms with Gasteiger partial charge in [0.05, 0.1) is 12.9 Å². The quantitative estimate of drug-likeness (QED) is 0.629. The van der Waals surface area contributed by atoms with Crippen molar-refractivity contribution in [2.24, 2.45) is 5.92 Å². The molecule has 6 heteroatoms. The number of imidazole rings is 1. The maximum Gasteiger partial charge on any atom is 0.230 e. The Labute approximate surface area is 160 Å². The van der Waals surface area contributed by atoms with Crippen LogP contribution in [0.25, 0.3) is 5.69 Å². The topological polar surface area (TPSA) is 56.2 Å². The van der Waals surface area contributed by atoms with E-state index in [4.69, 9.17) is 4.74 Å². The molecule has 1 amide bonds. The van der Waals surface area contributed by atoms with E-state index in [0.717, 1.165) is 29.4 Å². The molecule has 0 saturated carbocycles. The Bertz CT molecular complexity index is 683. The molecule has 1 N–H and O–H groups in total. The summed E-state index contributed by atoms with van der Waals surface area (Å²) in [5, 5.41) is 3.88. The highest BCUT2D eigenvalue weighted by molar-refractivity contribution is 7.99. The van der Waals surface area contributed by atoms with Crippen LogP contribution in [0.5, 0.6) is 5.75 Å². The van der Waals surface area contributed by atoms with Gasteiger partial charge in [0.1, 0.15) is 5.75 Å². The number of ether oxygens (including phenoxy) is 1. The minimum Gasteiger partial charge on any atom is -0.497 e. The Morgan fingerprint density at radius 2 is 1.96 bits per heavy atom. The average molecular weight is 376 g/mol. The number of hydrogen-bond acceptors (Lipinski definition) is 4. The Morgan fingerprint density at radius 1 is 1.23 bits per heavy atom. The monoisotopic (exact) mass is 375 g/mol. The van der Waals surface area contributed by atoms with Crippen molar-refractivity contribution < 1.29 is 9.53 Å². The van der Waals surface area contributed by atoms with Crippen molar-refractivity contribution in [3.63, 3.8) is 0 Å². The molecule has 0 saturated heterocycles. The fourth-order valence-corrected chi connectivity index (χ4v) is 3.47. The first-order valence-corrected chi connectivity index (χ1v) is 10.1. The van der Waals surface area contributed by atoms with Gasteiger partial charge in [-0.25, -0.2) is 4.98 Å². The molecule has 26 heavy (non-hydrogen) atoms. The second-order valence-corrected chi connectivity index (χ2v) is 7.80. The maximum atomic E-state index is 12.2. The number of benzene rings is 1. The second kappa shape index (κ2) is 10.3. The maximum absolute atomic E-state index is 12.2. The van der Waals surface area contributed by atoms with Crippen LogP contribution in [0.15, 0.2) is 41.8 Å². The standard InChI is InChI=1S/C20H29N3O2S/c1-15(2)6-5-7-16(3)22-19(24)14-26-20-21-12-13-23(20)17-8-10-18(25-4)11-9-17/h8-13,15-16H,5-7,14H2,1-4H3,(H,22,24)/t16-/m1/s1. The highest BCUT2D eigenvalue weighted by Gasteiger charge is 2.11. The van der Waals surface area contributed by atoms with Gasteiger partial charge in [-0.05, 0) is 43.5 Å². The van der Waals surface area contributed by atoms with E-state index in [1.807, 2.05) is 35.0 Å². The summed E-state index contributed by atoms with van der Waals surface area (Å²) < 4.78 is 7.17. The molecule has 142 valence electrons. The third kappa shape index (κ3) is 6.41. The van der Waals surface area contributed by atoms with Crippen molar-refractivity contribution >= 4 is 17.7 Å². The van der Waals surface area contributed by atoms with Crippen LogP contribution < -0.4 is 10.1 Å². The normalized spacial score (nSPS) is 12.2. The van der Waals surface area contributed by atoms with Crippen LogP contribution in [0, 0.1) is 5.92 Å². The van der Waals surface area contributed by atoms with E-state index in [1.165, 1.54) is 18.2 Å². The first-order chi connectivity index (χ1) is 12.5. The Balaban J connectivity index is 1.84. The van der Waals surface area contributed by atoms with E-state index in [-0.39, 0.29) is 11.9 Å². The summed E-state index contributed by atoms with van der Waals surface area (Å²) in [4.78, 5) is 16.6. The first kappa shape index (κ1) is 20.4. The van der Waals surface area contributed by atoms with Crippen LogP contribution in [0.3, 0.4) is 0 Å². The first-order valence-electron chi connectivity index (χ1n) is 9.09. The molecule has 0 radical (unpaired) electrons. The van der Waals surface area contributed by atoms with Crippen LogP contribution in [0.1, 0.15) is 40.0 Å². The molecule has 0 aliphatic heterocycles. The number of aromatic nitrogens is 2. The zero-order chi connectivity index (χ0) is 18.9. The molecule has 2 rings (SSSR count). The highest BCUT2D eigenvalue weighted by Crippen LogP contribution is 2.22. The lowest BCUT2D eigenvalue weighted by Crippen LogP contribution is -2.33. The van der Waals surface area contributed by atoms with E-state index >= 15 is 0 Å². The van der Waals surface area contributed by atoms with Crippen LogP contribution in [-0.4, -0.2) is 34.4 Å². The van der Waals surface area contributed by atoms with Crippen LogP contribution in [0.4, 0.5) is 0 Å². The number of nitrogens with one attached hydrogen (secondary N) is 1. The molecule has 0 aliphatic rings. The number of nitrogens with zero attached hydrogens (tertiary/aromatic N) is 2. The van der Waals surface area contributed by atoms with E-state index in [0.29, 0.717) is 11.7 Å². The van der Waals surface area contributed by atoms with Gasteiger partial charge in [0.15, 0.2) is 5.16 Å². The fourth-order valence-electron chi connectivity index (χ4n) is 2.69. The smallest absolute Gasteiger partial charge is 0.230 e. The minimum atomic E-state index is 0.0522. The zero-order valence-electron chi connectivity index (χ0n) is 16.1. The molecule has 1 heterocycles. The lowest BCUT2D eigenvalue weighted by Gasteiger charge is -2.14. The van der Waals surface area contributed by atoms with Gasteiger partial charge in [-0.3, -0.25) is 9.36 Å². The molecule has 1 aromatic heterocycles. The van der Waals surface area contributed by atoms with Crippen LogP contribution >= 0.6 is 11.8 Å². The summed E-state index contributed by atoms with van der Waals surface area (Å²) in [7, 11) is 1.65. The molecular formula is C20H29N3O2S. The van der Waals surface area contributed by atoms with E-state index < -0.39 is 0 Å². The summed E-state index contributed by atoms with van der Waals surface area (Å²) in [6.45, 7) is 6.52.